The summed E-state index contributed by atoms with van der Waals surface area (Å²) in [6.07, 6.45) is 3.28. The molecule has 0 bridgehead atoms. The van der Waals surface area contributed by atoms with Crippen molar-refractivity contribution in [2.75, 3.05) is 6.61 Å². The van der Waals surface area contributed by atoms with E-state index in [1.807, 2.05) is 20.3 Å². The molecule has 0 aliphatic heterocycles. The summed E-state index contributed by atoms with van der Waals surface area (Å²) in [6, 6.07) is 0. The number of hydrogen-bond acceptors (Lipinski definition) is 2. The van der Waals surface area contributed by atoms with Crippen LogP contribution in [0.25, 0.3) is 0 Å². The van der Waals surface area contributed by atoms with Gasteiger partial charge in [0.2, 0.25) is 0 Å². The van der Waals surface area contributed by atoms with Crippen LogP contribution < -0.4 is 0 Å². The molecule has 0 atom stereocenters. The molecule has 0 aliphatic carbocycles. The molecule has 0 fully saturated rings. The summed E-state index contributed by atoms with van der Waals surface area (Å²) in [6.45, 7) is 4.29. The molecule has 0 aromatic carbocycles. The van der Waals surface area contributed by atoms with Gasteiger partial charge in [0.25, 0.3) is 0 Å². The molecule has 0 saturated heterocycles. The smallest absolute Gasteiger partial charge is 0.306 e. The molecule has 2 nitrogen and oxygen atoms in total. The third kappa shape index (κ3) is 5.34. The first-order chi connectivity index (χ1) is 4.31. The lowest BCUT2D eigenvalue weighted by molar-refractivity contribution is -0.142. The van der Waals surface area contributed by atoms with Crippen LogP contribution in [0.5, 0.6) is 0 Å². The van der Waals surface area contributed by atoms with Crippen molar-refractivity contribution in [3.05, 3.63) is 6.42 Å². The maximum absolute atomic E-state index is 10.5. The minimum atomic E-state index is -0.126. The van der Waals surface area contributed by atoms with Gasteiger partial charge in [-0.05, 0) is 13.3 Å². The molecule has 2 heteroatoms. The van der Waals surface area contributed by atoms with Crippen molar-refractivity contribution >= 4 is 5.97 Å². The number of ether oxygens (including phenoxy) is 1. The molecule has 0 N–H and O–H groups in total. The fraction of sp³-hybridized carbons (Fsp3) is 0.714. The minimum Gasteiger partial charge on any atom is -0.466 e. The van der Waals surface area contributed by atoms with Crippen LogP contribution in [0.4, 0.5) is 0 Å². The summed E-state index contributed by atoms with van der Waals surface area (Å²) in [4.78, 5) is 10.5. The summed E-state index contributed by atoms with van der Waals surface area (Å²) in [5.74, 6) is -0.126. The van der Waals surface area contributed by atoms with Crippen molar-refractivity contribution in [1.82, 2.24) is 0 Å². The Morgan fingerprint density at radius 3 is 2.67 bits per heavy atom. The second-order valence-electron chi connectivity index (χ2n) is 1.71. The van der Waals surface area contributed by atoms with E-state index >= 15 is 0 Å². The van der Waals surface area contributed by atoms with Crippen LogP contribution in [0.1, 0.15) is 26.7 Å². The van der Waals surface area contributed by atoms with E-state index < -0.39 is 0 Å². The van der Waals surface area contributed by atoms with Crippen molar-refractivity contribution < 1.29 is 9.53 Å². The fourth-order valence-electron chi connectivity index (χ4n) is 0.482. The Morgan fingerprint density at radius 2 is 2.22 bits per heavy atom. The number of hydrogen-bond donors (Lipinski definition) is 0. The van der Waals surface area contributed by atoms with Gasteiger partial charge < -0.3 is 4.74 Å². The molecule has 9 heavy (non-hydrogen) atoms. The highest BCUT2D eigenvalue weighted by atomic mass is 16.5. The van der Waals surface area contributed by atoms with Crippen molar-refractivity contribution in [3.63, 3.8) is 0 Å². The number of esters is 1. The normalized spacial score (nSPS) is 9.11. The van der Waals surface area contributed by atoms with Crippen LogP contribution in [0.2, 0.25) is 0 Å². The number of carbonyl (C=O) groups excluding carboxylic acids is 1. The van der Waals surface area contributed by atoms with Gasteiger partial charge in [0.05, 0.1) is 6.61 Å². The monoisotopic (exact) mass is 129 g/mol. The van der Waals surface area contributed by atoms with E-state index in [4.69, 9.17) is 0 Å². The zero-order valence-corrected chi connectivity index (χ0v) is 6.02. The zero-order valence-electron chi connectivity index (χ0n) is 6.02. The third-order valence-electron chi connectivity index (χ3n) is 0.905. The zero-order chi connectivity index (χ0) is 7.11. The van der Waals surface area contributed by atoms with Crippen LogP contribution in [-0.2, 0) is 9.53 Å². The van der Waals surface area contributed by atoms with Gasteiger partial charge in [-0.15, -0.1) is 0 Å². The molecule has 0 aromatic rings. The van der Waals surface area contributed by atoms with Crippen molar-refractivity contribution in [2.45, 2.75) is 26.7 Å². The molecule has 0 aromatic heterocycles. The SMILES string of the molecule is CC[CH]CC(=O)OCC. The first-order valence-corrected chi connectivity index (χ1v) is 3.28. The minimum absolute atomic E-state index is 0.126. The van der Waals surface area contributed by atoms with E-state index in [0.717, 1.165) is 6.42 Å². The summed E-state index contributed by atoms with van der Waals surface area (Å²) in [5.41, 5.74) is 0. The average molecular weight is 129 g/mol. The van der Waals surface area contributed by atoms with Crippen LogP contribution >= 0.6 is 0 Å². The van der Waals surface area contributed by atoms with Crippen LogP contribution in [0, 0.1) is 6.42 Å². The molecule has 0 spiro atoms. The van der Waals surface area contributed by atoms with Crippen LogP contribution in [0.15, 0.2) is 0 Å². The highest BCUT2D eigenvalue weighted by molar-refractivity contribution is 5.70. The molecule has 0 amide bonds. The molecule has 0 saturated carbocycles. The maximum Gasteiger partial charge on any atom is 0.306 e. The number of carbonyl (C=O) groups is 1. The van der Waals surface area contributed by atoms with Crippen molar-refractivity contribution in [1.29, 1.82) is 0 Å². The maximum atomic E-state index is 10.5. The van der Waals surface area contributed by atoms with Gasteiger partial charge in [0, 0.05) is 6.42 Å². The van der Waals surface area contributed by atoms with Gasteiger partial charge in [0.1, 0.15) is 0 Å². The molecule has 0 heterocycles. The lowest BCUT2D eigenvalue weighted by Crippen LogP contribution is -2.02. The van der Waals surface area contributed by atoms with Gasteiger partial charge in [-0.25, -0.2) is 0 Å². The van der Waals surface area contributed by atoms with E-state index in [1.165, 1.54) is 0 Å². The van der Waals surface area contributed by atoms with E-state index in [-0.39, 0.29) is 5.97 Å². The Kier molecular flexibility index (Phi) is 5.27. The number of unbranched alkanes of at least 4 members (excludes halogenated alkanes) is 1. The highest BCUT2D eigenvalue weighted by Gasteiger charge is 1.97. The molecular weight excluding hydrogens is 116 g/mol. The third-order valence-corrected chi connectivity index (χ3v) is 0.905. The van der Waals surface area contributed by atoms with E-state index in [2.05, 4.69) is 4.74 Å². The Balaban J connectivity index is 3.06. The van der Waals surface area contributed by atoms with Gasteiger partial charge in [0.15, 0.2) is 0 Å². The Hall–Kier alpha value is -0.530. The van der Waals surface area contributed by atoms with E-state index in [0.29, 0.717) is 13.0 Å². The molecule has 0 rings (SSSR count). The van der Waals surface area contributed by atoms with Crippen LogP contribution in [-0.4, -0.2) is 12.6 Å². The van der Waals surface area contributed by atoms with E-state index in [9.17, 15) is 4.79 Å². The second kappa shape index (κ2) is 5.60. The number of rotatable bonds is 4. The quantitative estimate of drug-likeness (QED) is 0.538. The summed E-state index contributed by atoms with van der Waals surface area (Å²) >= 11 is 0. The summed E-state index contributed by atoms with van der Waals surface area (Å²) in [7, 11) is 0. The lowest BCUT2D eigenvalue weighted by atomic mass is 10.3. The topological polar surface area (TPSA) is 26.3 Å². The summed E-state index contributed by atoms with van der Waals surface area (Å²) < 4.78 is 4.67. The summed E-state index contributed by atoms with van der Waals surface area (Å²) in [5, 5.41) is 0. The van der Waals surface area contributed by atoms with Gasteiger partial charge >= 0.3 is 5.97 Å². The predicted molar refractivity (Wildman–Crippen MR) is 35.8 cm³/mol. The first-order valence-electron chi connectivity index (χ1n) is 3.28. The standard InChI is InChI=1S/C7H13O2/c1-3-5-6-7(8)9-4-2/h5H,3-4,6H2,1-2H3. The highest BCUT2D eigenvalue weighted by Crippen LogP contribution is 1.93. The average Bonchev–Trinajstić information content (AvgIpc) is 1.85. The Labute approximate surface area is 56.2 Å². The van der Waals surface area contributed by atoms with Gasteiger partial charge in [-0.2, -0.15) is 0 Å². The Morgan fingerprint density at radius 1 is 1.56 bits per heavy atom. The predicted octanol–water partition coefficient (Wildman–Crippen LogP) is 1.55. The molecular formula is C7H13O2. The molecule has 0 aliphatic rings. The second-order valence-corrected chi connectivity index (χ2v) is 1.71. The first kappa shape index (κ1) is 8.47. The Bertz CT molecular complexity index is 79.0. The fourth-order valence-corrected chi connectivity index (χ4v) is 0.482. The van der Waals surface area contributed by atoms with Crippen molar-refractivity contribution in [2.24, 2.45) is 0 Å². The van der Waals surface area contributed by atoms with Crippen molar-refractivity contribution in [3.8, 4) is 0 Å². The molecule has 0 unspecified atom stereocenters. The molecule has 53 valence electrons. The van der Waals surface area contributed by atoms with Crippen LogP contribution in [0.3, 0.4) is 0 Å². The largest absolute Gasteiger partial charge is 0.466 e. The molecule has 1 radical (unpaired) electrons. The van der Waals surface area contributed by atoms with E-state index in [1.54, 1.807) is 0 Å². The van der Waals surface area contributed by atoms with Gasteiger partial charge in [-0.3, -0.25) is 4.79 Å². The lowest BCUT2D eigenvalue weighted by Gasteiger charge is -1.97. The van der Waals surface area contributed by atoms with Gasteiger partial charge in [-0.1, -0.05) is 13.3 Å².